The molecule has 1 N–H and O–H groups in total. The molecular weight excluding hydrogens is 324 g/mol. The van der Waals surface area contributed by atoms with Crippen LogP contribution in [0.2, 0.25) is 5.02 Å². The van der Waals surface area contributed by atoms with E-state index in [4.69, 9.17) is 11.6 Å². The second-order valence-electron chi connectivity index (χ2n) is 5.55. The molecule has 0 fully saturated rings. The first kappa shape index (κ1) is 18.0. The van der Waals surface area contributed by atoms with Crippen LogP contribution < -0.4 is 5.32 Å². The Labute approximate surface area is 147 Å². The normalized spacial score (nSPS) is 10.2. The molecule has 2 amide bonds. The zero-order chi connectivity index (χ0) is 17.4. The summed E-state index contributed by atoms with van der Waals surface area (Å²) in [5.74, 6) is -0.332. The fourth-order valence-corrected chi connectivity index (χ4v) is 2.53. The molecule has 0 aliphatic rings. The average molecular weight is 345 g/mol. The zero-order valence-electron chi connectivity index (χ0n) is 13.7. The number of halogens is 1. The smallest absolute Gasteiger partial charge is 0.239 e. The Morgan fingerprint density at radius 1 is 1.04 bits per heavy atom. The minimum atomic E-state index is -0.173. The maximum absolute atomic E-state index is 12.1. The molecule has 0 radical (unpaired) electrons. The van der Waals surface area contributed by atoms with Gasteiger partial charge in [0.15, 0.2) is 0 Å². The van der Waals surface area contributed by atoms with Gasteiger partial charge in [-0.15, -0.1) is 0 Å². The summed E-state index contributed by atoms with van der Waals surface area (Å²) in [4.78, 5) is 25.4. The molecular formula is C19H21ClN2O2. The minimum Gasteiger partial charge on any atom is -0.354 e. The standard InChI is InChI=1S/C19H21ClN2O2/c1-15(23)22(13-17-9-5-6-10-18(17)20)14-19(24)21-12-11-16-7-3-2-4-8-16/h2-10H,11-14H2,1H3,(H,21,24). The number of benzene rings is 2. The van der Waals surface area contributed by atoms with Crippen LogP contribution in [0.5, 0.6) is 0 Å². The number of amides is 2. The Hall–Kier alpha value is -2.33. The third kappa shape index (κ3) is 5.70. The van der Waals surface area contributed by atoms with Crippen LogP contribution >= 0.6 is 11.6 Å². The maximum Gasteiger partial charge on any atom is 0.239 e. The average Bonchev–Trinajstić information content (AvgIpc) is 2.57. The lowest BCUT2D eigenvalue weighted by Crippen LogP contribution is -2.40. The van der Waals surface area contributed by atoms with Gasteiger partial charge < -0.3 is 10.2 Å². The van der Waals surface area contributed by atoms with Crippen LogP contribution in [0.4, 0.5) is 0 Å². The van der Waals surface area contributed by atoms with Crippen molar-refractivity contribution >= 4 is 23.4 Å². The molecule has 0 aliphatic carbocycles. The second kappa shape index (κ2) is 9.08. The van der Waals surface area contributed by atoms with Crippen molar-refractivity contribution in [3.63, 3.8) is 0 Å². The SMILES string of the molecule is CC(=O)N(CC(=O)NCCc1ccccc1)Cc1ccccc1Cl. The fraction of sp³-hybridized carbons (Fsp3) is 0.263. The highest BCUT2D eigenvalue weighted by atomic mass is 35.5. The van der Waals surface area contributed by atoms with Crippen molar-refractivity contribution in [3.8, 4) is 0 Å². The molecule has 0 spiro atoms. The first-order valence-electron chi connectivity index (χ1n) is 7.86. The summed E-state index contributed by atoms with van der Waals surface area (Å²) in [6.07, 6.45) is 0.761. The van der Waals surface area contributed by atoms with Crippen molar-refractivity contribution in [3.05, 3.63) is 70.7 Å². The van der Waals surface area contributed by atoms with Gasteiger partial charge in [-0.3, -0.25) is 9.59 Å². The van der Waals surface area contributed by atoms with E-state index in [0.717, 1.165) is 17.5 Å². The number of nitrogens with zero attached hydrogens (tertiary/aromatic N) is 1. The van der Waals surface area contributed by atoms with Crippen molar-refractivity contribution in [1.82, 2.24) is 10.2 Å². The van der Waals surface area contributed by atoms with E-state index in [-0.39, 0.29) is 18.4 Å². The Bertz CT molecular complexity index is 689. The Morgan fingerprint density at radius 2 is 1.71 bits per heavy atom. The van der Waals surface area contributed by atoms with Gasteiger partial charge in [-0.05, 0) is 23.6 Å². The maximum atomic E-state index is 12.1. The molecule has 5 heteroatoms. The van der Waals surface area contributed by atoms with Gasteiger partial charge in [-0.2, -0.15) is 0 Å². The summed E-state index contributed by atoms with van der Waals surface area (Å²) in [5.41, 5.74) is 1.99. The first-order valence-corrected chi connectivity index (χ1v) is 8.23. The highest BCUT2D eigenvalue weighted by Gasteiger charge is 2.15. The third-order valence-corrected chi connectivity index (χ3v) is 4.05. The van der Waals surface area contributed by atoms with Gasteiger partial charge >= 0.3 is 0 Å². The van der Waals surface area contributed by atoms with Crippen molar-refractivity contribution in [2.24, 2.45) is 0 Å². The van der Waals surface area contributed by atoms with Gasteiger partial charge in [0.1, 0.15) is 0 Å². The van der Waals surface area contributed by atoms with Crippen molar-refractivity contribution in [1.29, 1.82) is 0 Å². The molecule has 0 atom stereocenters. The van der Waals surface area contributed by atoms with E-state index >= 15 is 0 Å². The summed E-state index contributed by atoms with van der Waals surface area (Å²) >= 11 is 6.12. The predicted molar refractivity (Wildman–Crippen MR) is 95.7 cm³/mol. The van der Waals surface area contributed by atoms with Crippen molar-refractivity contribution in [2.45, 2.75) is 19.9 Å². The highest BCUT2D eigenvalue weighted by Crippen LogP contribution is 2.17. The van der Waals surface area contributed by atoms with E-state index < -0.39 is 0 Å². The lowest BCUT2D eigenvalue weighted by Gasteiger charge is -2.21. The van der Waals surface area contributed by atoms with Crippen LogP contribution in [-0.2, 0) is 22.6 Å². The van der Waals surface area contributed by atoms with Gasteiger partial charge in [-0.1, -0.05) is 60.1 Å². The lowest BCUT2D eigenvalue weighted by molar-refractivity contribution is -0.134. The molecule has 126 valence electrons. The molecule has 0 unspecified atom stereocenters. The monoisotopic (exact) mass is 344 g/mol. The zero-order valence-corrected chi connectivity index (χ0v) is 14.4. The van der Waals surface area contributed by atoms with Gasteiger partial charge in [-0.25, -0.2) is 0 Å². The molecule has 24 heavy (non-hydrogen) atoms. The first-order chi connectivity index (χ1) is 11.6. The summed E-state index contributed by atoms with van der Waals surface area (Å²) < 4.78 is 0. The number of nitrogens with one attached hydrogen (secondary N) is 1. The molecule has 2 aromatic rings. The van der Waals surface area contributed by atoms with Crippen LogP contribution in [0, 0.1) is 0 Å². The Balaban J connectivity index is 1.85. The van der Waals surface area contributed by atoms with Crippen molar-refractivity contribution < 1.29 is 9.59 Å². The third-order valence-electron chi connectivity index (χ3n) is 3.68. The highest BCUT2D eigenvalue weighted by molar-refractivity contribution is 6.31. The largest absolute Gasteiger partial charge is 0.354 e. The molecule has 0 aliphatic heterocycles. The number of carbonyl (C=O) groups excluding carboxylic acids is 2. The van der Waals surface area contributed by atoms with Crippen LogP contribution in [0.1, 0.15) is 18.1 Å². The summed E-state index contributed by atoms with van der Waals surface area (Å²) in [6.45, 7) is 2.34. The number of rotatable bonds is 7. The van der Waals surface area contributed by atoms with Crippen LogP contribution in [0.3, 0.4) is 0 Å². The van der Waals surface area contributed by atoms with E-state index in [0.29, 0.717) is 18.1 Å². The van der Waals surface area contributed by atoms with E-state index in [2.05, 4.69) is 5.32 Å². The summed E-state index contributed by atoms with van der Waals surface area (Å²) in [5, 5.41) is 3.44. The lowest BCUT2D eigenvalue weighted by atomic mass is 10.1. The van der Waals surface area contributed by atoms with Crippen LogP contribution in [0.25, 0.3) is 0 Å². The van der Waals surface area contributed by atoms with Crippen LogP contribution in [0.15, 0.2) is 54.6 Å². The van der Waals surface area contributed by atoms with E-state index in [1.807, 2.05) is 48.5 Å². The van der Waals surface area contributed by atoms with Crippen molar-refractivity contribution in [2.75, 3.05) is 13.1 Å². The molecule has 0 bridgehead atoms. The second-order valence-corrected chi connectivity index (χ2v) is 5.96. The number of hydrogen-bond donors (Lipinski definition) is 1. The Morgan fingerprint density at radius 3 is 2.38 bits per heavy atom. The van der Waals surface area contributed by atoms with E-state index in [9.17, 15) is 9.59 Å². The van der Waals surface area contributed by atoms with Gasteiger partial charge in [0.25, 0.3) is 0 Å². The molecule has 0 saturated heterocycles. The molecule has 0 heterocycles. The fourth-order valence-electron chi connectivity index (χ4n) is 2.33. The molecule has 2 rings (SSSR count). The molecule has 4 nitrogen and oxygen atoms in total. The van der Waals surface area contributed by atoms with Crippen LogP contribution in [-0.4, -0.2) is 29.8 Å². The minimum absolute atomic E-state index is 0.0232. The molecule has 2 aromatic carbocycles. The van der Waals surface area contributed by atoms with Gasteiger partial charge in [0.05, 0.1) is 6.54 Å². The molecule has 0 aromatic heterocycles. The topological polar surface area (TPSA) is 49.4 Å². The number of carbonyl (C=O) groups is 2. The number of hydrogen-bond acceptors (Lipinski definition) is 2. The van der Waals surface area contributed by atoms with E-state index in [1.165, 1.54) is 11.8 Å². The quantitative estimate of drug-likeness (QED) is 0.839. The molecule has 0 saturated carbocycles. The van der Waals surface area contributed by atoms with E-state index in [1.54, 1.807) is 6.07 Å². The van der Waals surface area contributed by atoms with Gasteiger partial charge in [0.2, 0.25) is 11.8 Å². The Kier molecular flexibility index (Phi) is 6.82. The van der Waals surface area contributed by atoms with Gasteiger partial charge in [0, 0.05) is 25.0 Å². The summed E-state index contributed by atoms with van der Waals surface area (Å²) in [7, 11) is 0. The summed E-state index contributed by atoms with van der Waals surface area (Å²) in [6, 6.07) is 17.3. The predicted octanol–water partition coefficient (Wildman–Crippen LogP) is 3.05.